The highest BCUT2D eigenvalue weighted by Gasteiger charge is 2.32. The molecule has 0 radical (unpaired) electrons. The Morgan fingerprint density at radius 2 is 1.66 bits per heavy atom. The number of rotatable bonds is 7. The first-order chi connectivity index (χ1) is 14.0. The molecule has 0 spiro atoms. The summed E-state index contributed by atoms with van der Waals surface area (Å²) in [6, 6.07) is 16.1. The summed E-state index contributed by atoms with van der Waals surface area (Å²) in [4.78, 5) is 28.3. The van der Waals surface area contributed by atoms with Gasteiger partial charge in [0.25, 0.3) is 0 Å². The normalized spacial score (nSPS) is 12.1. The van der Waals surface area contributed by atoms with Crippen LogP contribution in [0, 0.1) is 0 Å². The van der Waals surface area contributed by atoms with Crippen LogP contribution < -0.4 is 10.6 Å². The standard InChI is InChI=1S/C20H19N3O5S/c24-19(22-13-15-7-4-5-11-21-15)20(25)23-14-18(17-10-6-12-28-17)29(26,27)16-8-2-1-3-9-16/h1-12,18H,13-14H2,(H,22,24)(H,23,25). The Hall–Kier alpha value is -3.46. The van der Waals surface area contributed by atoms with Gasteiger partial charge < -0.3 is 15.1 Å². The number of carbonyl (C=O) groups excluding carboxylic acids is 2. The zero-order valence-electron chi connectivity index (χ0n) is 15.3. The predicted octanol–water partition coefficient (Wildman–Crippen LogP) is 1.62. The minimum Gasteiger partial charge on any atom is -0.468 e. The Morgan fingerprint density at radius 3 is 2.31 bits per heavy atom. The van der Waals surface area contributed by atoms with Crippen molar-refractivity contribution in [3.8, 4) is 0 Å². The van der Waals surface area contributed by atoms with Gasteiger partial charge in [-0.3, -0.25) is 14.6 Å². The number of nitrogens with zero attached hydrogens (tertiary/aromatic N) is 1. The SMILES string of the molecule is O=C(NCc1ccccn1)C(=O)NCC(c1ccco1)S(=O)(=O)c1ccccc1. The molecular weight excluding hydrogens is 394 g/mol. The molecule has 0 fully saturated rings. The fourth-order valence-electron chi connectivity index (χ4n) is 2.63. The first-order valence-electron chi connectivity index (χ1n) is 8.77. The highest BCUT2D eigenvalue weighted by molar-refractivity contribution is 7.91. The van der Waals surface area contributed by atoms with E-state index >= 15 is 0 Å². The lowest BCUT2D eigenvalue weighted by Gasteiger charge is -2.16. The lowest BCUT2D eigenvalue weighted by Crippen LogP contribution is -2.42. The number of amides is 2. The largest absolute Gasteiger partial charge is 0.468 e. The van der Waals surface area contributed by atoms with Crippen molar-refractivity contribution in [3.63, 3.8) is 0 Å². The maximum atomic E-state index is 13.0. The molecule has 0 aliphatic rings. The maximum Gasteiger partial charge on any atom is 0.309 e. The van der Waals surface area contributed by atoms with Crippen molar-refractivity contribution in [2.45, 2.75) is 16.7 Å². The van der Waals surface area contributed by atoms with Crippen LogP contribution in [0.1, 0.15) is 16.7 Å². The monoisotopic (exact) mass is 413 g/mol. The van der Waals surface area contributed by atoms with Crippen molar-refractivity contribution in [2.75, 3.05) is 6.54 Å². The third kappa shape index (κ3) is 5.08. The average Bonchev–Trinajstić information content (AvgIpc) is 3.27. The molecule has 9 heteroatoms. The van der Waals surface area contributed by atoms with Crippen LogP contribution in [0.15, 0.2) is 82.4 Å². The molecule has 2 amide bonds. The van der Waals surface area contributed by atoms with Crippen LogP contribution in [-0.4, -0.2) is 31.8 Å². The second-order valence-electron chi connectivity index (χ2n) is 6.08. The molecular formula is C20H19N3O5S. The lowest BCUT2D eigenvalue weighted by atomic mass is 10.3. The summed E-state index contributed by atoms with van der Waals surface area (Å²) in [6.07, 6.45) is 2.92. The summed E-state index contributed by atoms with van der Waals surface area (Å²) in [5, 5.41) is 3.64. The highest BCUT2D eigenvalue weighted by Crippen LogP contribution is 2.28. The predicted molar refractivity (Wildman–Crippen MR) is 104 cm³/mol. The average molecular weight is 413 g/mol. The molecule has 1 atom stereocenters. The third-order valence-electron chi connectivity index (χ3n) is 4.12. The quantitative estimate of drug-likeness (QED) is 0.568. The van der Waals surface area contributed by atoms with Gasteiger partial charge in [-0.25, -0.2) is 8.42 Å². The van der Waals surface area contributed by atoms with Crippen LogP contribution in [0.2, 0.25) is 0 Å². The van der Waals surface area contributed by atoms with E-state index in [2.05, 4.69) is 15.6 Å². The first-order valence-corrected chi connectivity index (χ1v) is 10.3. The number of benzene rings is 1. The van der Waals surface area contributed by atoms with Gasteiger partial charge in [0.1, 0.15) is 11.0 Å². The summed E-state index contributed by atoms with van der Waals surface area (Å²) in [5.41, 5.74) is 0.591. The number of sulfone groups is 1. The molecule has 1 aromatic carbocycles. The minimum absolute atomic E-state index is 0.0804. The van der Waals surface area contributed by atoms with Gasteiger partial charge in [0.15, 0.2) is 9.84 Å². The summed E-state index contributed by atoms with van der Waals surface area (Å²) in [5.74, 6) is -1.66. The van der Waals surface area contributed by atoms with Crippen LogP contribution in [0.5, 0.6) is 0 Å². The molecule has 0 bridgehead atoms. The number of hydrogen-bond acceptors (Lipinski definition) is 6. The van der Waals surface area contributed by atoms with Crippen molar-refractivity contribution in [3.05, 3.63) is 84.6 Å². The fourth-order valence-corrected chi connectivity index (χ4v) is 4.24. The van der Waals surface area contributed by atoms with E-state index in [1.165, 1.54) is 24.5 Å². The molecule has 3 aromatic rings. The molecule has 2 aromatic heterocycles. The Bertz CT molecular complexity index is 1050. The van der Waals surface area contributed by atoms with Crippen molar-refractivity contribution >= 4 is 21.7 Å². The van der Waals surface area contributed by atoms with E-state index in [9.17, 15) is 18.0 Å². The number of furan rings is 1. The number of nitrogens with one attached hydrogen (secondary N) is 2. The summed E-state index contributed by atoms with van der Waals surface area (Å²) in [6.45, 7) is -0.238. The summed E-state index contributed by atoms with van der Waals surface area (Å²) >= 11 is 0. The van der Waals surface area contributed by atoms with Gasteiger partial charge in [-0.15, -0.1) is 0 Å². The van der Waals surface area contributed by atoms with Gasteiger partial charge in [0, 0.05) is 12.7 Å². The van der Waals surface area contributed by atoms with Crippen LogP contribution in [0.4, 0.5) is 0 Å². The molecule has 2 heterocycles. The van der Waals surface area contributed by atoms with Crippen molar-refractivity contribution in [2.24, 2.45) is 0 Å². The number of hydrogen-bond donors (Lipinski definition) is 2. The molecule has 2 N–H and O–H groups in total. The summed E-state index contributed by atoms with van der Waals surface area (Å²) < 4.78 is 31.3. The first kappa shape index (κ1) is 20.3. The number of carbonyl (C=O) groups is 2. The van der Waals surface area contributed by atoms with E-state index in [-0.39, 0.29) is 23.7 Å². The van der Waals surface area contributed by atoms with Gasteiger partial charge in [0.2, 0.25) is 0 Å². The van der Waals surface area contributed by atoms with Crippen LogP contribution in [0.25, 0.3) is 0 Å². The lowest BCUT2D eigenvalue weighted by molar-refractivity contribution is -0.139. The second kappa shape index (κ2) is 9.16. The molecule has 3 rings (SSSR count). The molecule has 0 saturated carbocycles. The topological polar surface area (TPSA) is 118 Å². The highest BCUT2D eigenvalue weighted by atomic mass is 32.2. The van der Waals surface area contributed by atoms with Crippen molar-refractivity contribution < 1.29 is 22.4 Å². The molecule has 150 valence electrons. The Morgan fingerprint density at radius 1 is 0.931 bits per heavy atom. The molecule has 29 heavy (non-hydrogen) atoms. The van der Waals surface area contributed by atoms with E-state index in [0.717, 1.165) is 0 Å². The Labute approximate surface area is 167 Å². The number of pyridine rings is 1. The molecule has 0 aliphatic heterocycles. The zero-order valence-corrected chi connectivity index (χ0v) is 16.1. The van der Waals surface area contributed by atoms with E-state index < -0.39 is 26.9 Å². The van der Waals surface area contributed by atoms with Crippen molar-refractivity contribution in [1.29, 1.82) is 0 Å². The van der Waals surface area contributed by atoms with E-state index in [0.29, 0.717) is 5.69 Å². The van der Waals surface area contributed by atoms with Crippen molar-refractivity contribution in [1.82, 2.24) is 15.6 Å². The maximum absolute atomic E-state index is 13.0. The Kier molecular flexibility index (Phi) is 6.40. The molecule has 1 unspecified atom stereocenters. The Balaban J connectivity index is 1.67. The smallest absolute Gasteiger partial charge is 0.309 e. The van der Waals surface area contributed by atoms with Crippen LogP contribution in [0.3, 0.4) is 0 Å². The minimum atomic E-state index is -3.85. The molecule has 0 saturated heterocycles. The van der Waals surface area contributed by atoms with Gasteiger partial charge in [-0.1, -0.05) is 24.3 Å². The third-order valence-corrected chi connectivity index (χ3v) is 6.19. The van der Waals surface area contributed by atoms with Crippen LogP contribution in [-0.2, 0) is 26.0 Å². The number of aromatic nitrogens is 1. The van der Waals surface area contributed by atoms with E-state index in [1.54, 1.807) is 48.7 Å². The van der Waals surface area contributed by atoms with E-state index in [4.69, 9.17) is 4.42 Å². The van der Waals surface area contributed by atoms with E-state index in [1.807, 2.05) is 0 Å². The van der Waals surface area contributed by atoms with Gasteiger partial charge in [-0.2, -0.15) is 0 Å². The second-order valence-corrected chi connectivity index (χ2v) is 8.21. The fraction of sp³-hybridized carbons (Fsp3) is 0.150. The van der Waals surface area contributed by atoms with Gasteiger partial charge in [-0.05, 0) is 36.4 Å². The van der Waals surface area contributed by atoms with Gasteiger partial charge >= 0.3 is 11.8 Å². The molecule has 8 nitrogen and oxygen atoms in total. The molecule has 0 aliphatic carbocycles. The van der Waals surface area contributed by atoms with Crippen LogP contribution >= 0.6 is 0 Å². The summed E-state index contributed by atoms with van der Waals surface area (Å²) in [7, 11) is -3.85. The van der Waals surface area contributed by atoms with Gasteiger partial charge in [0.05, 0.1) is 23.4 Å². The zero-order chi connectivity index (χ0) is 20.7.